The molecule has 0 spiro atoms. The molecule has 1 N–H and O–H groups in total. The number of hydrogen-bond donors (Lipinski definition) is 1. The van der Waals surface area contributed by atoms with E-state index < -0.39 is 28.5 Å². The number of methoxy groups -OCH3 is 1. The number of carbonyl (C=O) groups is 2. The first-order valence-corrected chi connectivity index (χ1v) is 16.9. The van der Waals surface area contributed by atoms with Crippen LogP contribution in [0.2, 0.25) is 5.02 Å². The van der Waals surface area contributed by atoms with Crippen molar-refractivity contribution in [2.75, 3.05) is 24.5 Å². The van der Waals surface area contributed by atoms with Gasteiger partial charge in [-0.05, 0) is 60.4 Å². The summed E-state index contributed by atoms with van der Waals surface area (Å²) in [5, 5.41) is 3.52. The molecule has 0 radical (unpaired) electrons. The van der Waals surface area contributed by atoms with Gasteiger partial charge in [0.25, 0.3) is 10.0 Å². The van der Waals surface area contributed by atoms with Gasteiger partial charge in [-0.2, -0.15) is 0 Å². The molecule has 4 aromatic carbocycles. The van der Waals surface area contributed by atoms with Crippen LogP contribution in [0, 0.1) is 12.8 Å². The monoisotopic (exact) mass is 661 g/mol. The van der Waals surface area contributed by atoms with Gasteiger partial charge in [0.05, 0.1) is 17.7 Å². The third kappa shape index (κ3) is 8.89. The largest absolute Gasteiger partial charge is 0.495 e. The number of nitrogens with zero attached hydrogens (tertiary/aromatic N) is 2. The van der Waals surface area contributed by atoms with Crippen molar-refractivity contribution in [1.29, 1.82) is 0 Å². The Balaban J connectivity index is 1.82. The van der Waals surface area contributed by atoms with Crippen LogP contribution in [-0.2, 0) is 32.6 Å². The minimum absolute atomic E-state index is 0.0246. The second kappa shape index (κ2) is 15.8. The van der Waals surface area contributed by atoms with E-state index in [1.54, 1.807) is 60.7 Å². The zero-order valence-electron chi connectivity index (χ0n) is 26.5. The molecule has 242 valence electrons. The number of anilines is 1. The average Bonchev–Trinajstić information content (AvgIpc) is 3.05. The Hall–Kier alpha value is -4.34. The van der Waals surface area contributed by atoms with Crippen molar-refractivity contribution < 1.29 is 22.7 Å². The Labute approximate surface area is 277 Å². The summed E-state index contributed by atoms with van der Waals surface area (Å²) in [5.74, 6) is -0.421. The summed E-state index contributed by atoms with van der Waals surface area (Å²) in [5.41, 5.74) is 2.69. The minimum atomic E-state index is -4.25. The van der Waals surface area contributed by atoms with Crippen molar-refractivity contribution >= 4 is 39.1 Å². The minimum Gasteiger partial charge on any atom is -0.495 e. The molecule has 0 aromatic heterocycles. The molecular weight excluding hydrogens is 622 g/mol. The highest BCUT2D eigenvalue weighted by Crippen LogP contribution is 2.33. The number of rotatable bonds is 14. The highest BCUT2D eigenvalue weighted by atomic mass is 35.5. The van der Waals surface area contributed by atoms with E-state index in [-0.39, 0.29) is 41.1 Å². The second-order valence-corrected chi connectivity index (χ2v) is 13.8. The molecule has 4 rings (SSSR count). The second-order valence-electron chi connectivity index (χ2n) is 11.5. The zero-order chi connectivity index (χ0) is 33.3. The van der Waals surface area contributed by atoms with Crippen molar-refractivity contribution in [3.63, 3.8) is 0 Å². The van der Waals surface area contributed by atoms with Crippen LogP contribution in [0.15, 0.2) is 108 Å². The molecule has 0 heterocycles. The van der Waals surface area contributed by atoms with Crippen LogP contribution in [-0.4, -0.2) is 51.4 Å². The number of benzene rings is 4. The lowest BCUT2D eigenvalue weighted by Crippen LogP contribution is -2.53. The van der Waals surface area contributed by atoms with Gasteiger partial charge in [-0.1, -0.05) is 97.7 Å². The number of para-hydroxylation sites is 2. The molecule has 1 atom stereocenters. The van der Waals surface area contributed by atoms with E-state index >= 15 is 0 Å². The predicted molar refractivity (Wildman–Crippen MR) is 182 cm³/mol. The topological polar surface area (TPSA) is 96.0 Å². The maximum absolute atomic E-state index is 14.6. The lowest BCUT2D eigenvalue weighted by Gasteiger charge is -2.34. The van der Waals surface area contributed by atoms with Crippen LogP contribution in [0.25, 0.3) is 0 Å². The lowest BCUT2D eigenvalue weighted by atomic mass is 10.0. The van der Waals surface area contributed by atoms with Gasteiger partial charge in [0.1, 0.15) is 18.3 Å². The number of hydrogen-bond acceptors (Lipinski definition) is 5. The Bertz CT molecular complexity index is 1710. The predicted octanol–water partition coefficient (Wildman–Crippen LogP) is 6.26. The van der Waals surface area contributed by atoms with Gasteiger partial charge in [0.15, 0.2) is 0 Å². The third-order valence-corrected chi connectivity index (χ3v) is 9.49. The molecule has 46 heavy (non-hydrogen) atoms. The molecule has 8 nitrogen and oxygen atoms in total. The summed E-state index contributed by atoms with van der Waals surface area (Å²) in [7, 11) is -2.81. The van der Waals surface area contributed by atoms with E-state index in [0.29, 0.717) is 11.6 Å². The summed E-state index contributed by atoms with van der Waals surface area (Å²) in [6.07, 6.45) is 0.226. The Kier molecular flexibility index (Phi) is 11.8. The standard InChI is InChI=1S/C36H40ClN3O5S/c1-26(2)23-38-36(42)33(22-28-10-6-5-7-11-28)39(24-29-16-18-30(37)19-17-29)35(41)25-40(32-12-8-9-13-34(32)45-4)46(43,44)31-20-14-27(3)15-21-31/h5-21,26,33H,22-25H2,1-4H3,(H,38,42). The Morgan fingerprint density at radius 3 is 2.11 bits per heavy atom. The Morgan fingerprint density at radius 1 is 0.848 bits per heavy atom. The molecule has 0 saturated heterocycles. The lowest BCUT2D eigenvalue weighted by molar-refractivity contribution is -0.140. The van der Waals surface area contributed by atoms with E-state index in [1.165, 1.54) is 24.1 Å². The highest BCUT2D eigenvalue weighted by Gasteiger charge is 2.35. The molecule has 0 saturated carbocycles. The molecule has 0 bridgehead atoms. The molecule has 10 heteroatoms. The molecule has 0 fully saturated rings. The fourth-order valence-corrected chi connectivity index (χ4v) is 6.50. The number of nitrogens with one attached hydrogen (secondary N) is 1. The molecule has 2 amide bonds. The van der Waals surface area contributed by atoms with E-state index in [1.807, 2.05) is 51.1 Å². The van der Waals surface area contributed by atoms with Gasteiger partial charge < -0.3 is 15.0 Å². The maximum Gasteiger partial charge on any atom is 0.264 e. The highest BCUT2D eigenvalue weighted by molar-refractivity contribution is 7.92. The first kappa shape index (κ1) is 34.5. The van der Waals surface area contributed by atoms with Crippen LogP contribution >= 0.6 is 11.6 Å². The van der Waals surface area contributed by atoms with Gasteiger partial charge in [0, 0.05) is 24.5 Å². The number of ether oxygens (including phenoxy) is 1. The van der Waals surface area contributed by atoms with Gasteiger partial charge in [0.2, 0.25) is 11.8 Å². The van der Waals surface area contributed by atoms with Gasteiger partial charge >= 0.3 is 0 Å². The number of sulfonamides is 1. The Morgan fingerprint density at radius 2 is 1.48 bits per heavy atom. The summed E-state index contributed by atoms with van der Waals surface area (Å²) >= 11 is 6.16. The number of halogens is 1. The summed E-state index contributed by atoms with van der Waals surface area (Å²) < 4.78 is 35.1. The van der Waals surface area contributed by atoms with E-state index in [0.717, 1.165) is 21.0 Å². The van der Waals surface area contributed by atoms with Crippen molar-refractivity contribution in [3.8, 4) is 5.75 Å². The van der Waals surface area contributed by atoms with Gasteiger partial charge in [-0.3, -0.25) is 13.9 Å². The molecule has 0 aliphatic rings. The van der Waals surface area contributed by atoms with Crippen LogP contribution in [0.1, 0.15) is 30.5 Å². The van der Waals surface area contributed by atoms with E-state index in [4.69, 9.17) is 16.3 Å². The van der Waals surface area contributed by atoms with Gasteiger partial charge in [-0.15, -0.1) is 0 Å². The van der Waals surface area contributed by atoms with E-state index in [2.05, 4.69) is 5.32 Å². The number of carbonyl (C=O) groups excluding carboxylic acids is 2. The molecule has 0 aliphatic carbocycles. The van der Waals surface area contributed by atoms with Crippen molar-refractivity contribution in [2.24, 2.45) is 5.92 Å². The average molecular weight is 662 g/mol. The first-order chi connectivity index (χ1) is 22.0. The van der Waals surface area contributed by atoms with Crippen LogP contribution < -0.4 is 14.4 Å². The molecule has 1 unspecified atom stereocenters. The number of amides is 2. The zero-order valence-corrected chi connectivity index (χ0v) is 28.1. The van der Waals surface area contributed by atoms with Crippen LogP contribution in [0.4, 0.5) is 5.69 Å². The van der Waals surface area contributed by atoms with Crippen LogP contribution in [0.3, 0.4) is 0 Å². The summed E-state index contributed by atoms with van der Waals surface area (Å²) in [6, 6.07) is 28.6. The molecule has 0 aliphatic heterocycles. The first-order valence-electron chi connectivity index (χ1n) is 15.1. The summed E-state index contributed by atoms with van der Waals surface area (Å²) in [6.45, 7) is 5.74. The quantitative estimate of drug-likeness (QED) is 0.172. The van der Waals surface area contributed by atoms with E-state index in [9.17, 15) is 18.0 Å². The normalized spacial score (nSPS) is 12.0. The smallest absolute Gasteiger partial charge is 0.264 e. The van der Waals surface area contributed by atoms with Crippen molar-refractivity contribution in [3.05, 3.63) is 125 Å². The third-order valence-electron chi connectivity index (χ3n) is 7.46. The fraction of sp³-hybridized carbons (Fsp3) is 0.278. The summed E-state index contributed by atoms with van der Waals surface area (Å²) in [4.78, 5) is 29.9. The van der Waals surface area contributed by atoms with Crippen LogP contribution in [0.5, 0.6) is 5.75 Å². The molecule has 4 aromatic rings. The number of aryl methyl sites for hydroxylation is 1. The van der Waals surface area contributed by atoms with Crippen molar-refractivity contribution in [2.45, 2.75) is 44.7 Å². The molecular formula is C36H40ClN3O5S. The van der Waals surface area contributed by atoms with Crippen molar-refractivity contribution in [1.82, 2.24) is 10.2 Å². The SMILES string of the molecule is COc1ccccc1N(CC(=O)N(Cc1ccc(Cl)cc1)C(Cc1ccccc1)C(=O)NCC(C)C)S(=O)(=O)c1ccc(C)cc1. The van der Waals surface area contributed by atoms with Gasteiger partial charge in [-0.25, -0.2) is 8.42 Å². The maximum atomic E-state index is 14.6. The fourth-order valence-electron chi connectivity index (χ4n) is 4.95.